The van der Waals surface area contributed by atoms with Crippen molar-refractivity contribution >= 4 is 27.5 Å². The van der Waals surface area contributed by atoms with Gasteiger partial charge in [-0.25, -0.2) is 13.2 Å². The first-order valence-electron chi connectivity index (χ1n) is 12.7. The Morgan fingerprint density at radius 2 is 1.95 bits per heavy atom. The fraction of sp³-hybridized carbons (Fsp3) is 0.407. The number of pyridine rings is 2. The summed E-state index contributed by atoms with van der Waals surface area (Å²) in [5.41, 5.74) is 1.76. The number of piperazine rings is 1. The summed E-state index contributed by atoms with van der Waals surface area (Å²) >= 11 is 0. The van der Waals surface area contributed by atoms with Crippen LogP contribution in [0.3, 0.4) is 0 Å². The minimum atomic E-state index is -2.77. The molecular weight excluding hydrogens is 495 g/mol. The van der Waals surface area contributed by atoms with Crippen molar-refractivity contribution in [1.29, 1.82) is 0 Å². The van der Waals surface area contributed by atoms with Gasteiger partial charge < -0.3 is 15.0 Å². The molecule has 0 aliphatic carbocycles. The topological polar surface area (TPSA) is 79.3 Å². The fourth-order valence-corrected chi connectivity index (χ4v) is 5.41. The molecule has 0 bridgehead atoms. The van der Waals surface area contributed by atoms with Gasteiger partial charge in [0.25, 0.3) is 5.92 Å². The zero-order valence-electron chi connectivity index (χ0n) is 21.2. The monoisotopic (exact) mass is 523 g/mol. The first-order valence-corrected chi connectivity index (χ1v) is 12.7. The smallest absolute Gasteiger partial charge is 0.319 e. The lowest BCUT2D eigenvalue weighted by atomic mass is 10.00. The highest BCUT2D eigenvalue weighted by Crippen LogP contribution is 2.36. The number of alkyl halides is 2. The van der Waals surface area contributed by atoms with E-state index in [1.54, 1.807) is 30.5 Å². The van der Waals surface area contributed by atoms with E-state index in [9.17, 15) is 8.78 Å². The maximum Gasteiger partial charge on any atom is 0.319 e. The number of likely N-dealkylation sites (tertiary alicyclic amines) is 1. The number of aryl methyl sites for hydroxylation is 1. The summed E-state index contributed by atoms with van der Waals surface area (Å²) < 4.78 is 49.9. The first kappa shape index (κ1) is 24.7. The highest BCUT2D eigenvalue weighted by Gasteiger charge is 2.43. The van der Waals surface area contributed by atoms with Crippen molar-refractivity contribution in [1.82, 2.24) is 30.2 Å². The number of likely N-dealkylation sites (N-methyl/N-ethyl adjacent to an activating group) is 1. The van der Waals surface area contributed by atoms with Gasteiger partial charge in [0.05, 0.1) is 11.9 Å². The lowest BCUT2D eigenvalue weighted by molar-refractivity contribution is 0.0136. The predicted molar refractivity (Wildman–Crippen MR) is 139 cm³/mol. The van der Waals surface area contributed by atoms with Crippen LogP contribution < -0.4 is 15.0 Å². The maximum atomic E-state index is 16.3. The van der Waals surface area contributed by atoms with Gasteiger partial charge in [0.1, 0.15) is 23.6 Å². The number of nitrogens with one attached hydrogen (secondary N) is 1. The summed E-state index contributed by atoms with van der Waals surface area (Å²) in [6, 6.07) is 5.29. The molecule has 2 aliphatic rings. The summed E-state index contributed by atoms with van der Waals surface area (Å²) in [6.07, 6.45) is 4.64. The minimum Gasteiger partial charge on any atom is -0.462 e. The summed E-state index contributed by atoms with van der Waals surface area (Å²) in [4.78, 5) is 21.4. The fourth-order valence-electron chi connectivity index (χ4n) is 5.41. The van der Waals surface area contributed by atoms with E-state index in [0.717, 1.165) is 29.4 Å². The largest absolute Gasteiger partial charge is 0.462 e. The van der Waals surface area contributed by atoms with E-state index < -0.39 is 17.8 Å². The Morgan fingerprint density at radius 1 is 1.13 bits per heavy atom. The van der Waals surface area contributed by atoms with Crippen molar-refractivity contribution in [2.24, 2.45) is 0 Å². The molecule has 11 heteroatoms. The molecule has 6 rings (SSSR count). The Morgan fingerprint density at radius 3 is 2.71 bits per heavy atom. The molecule has 5 heterocycles. The second-order valence-corrected chi connectivity index (χ2v) is 10.1. The van der Waals surface area contributed by atoms with Crippen molar-refractivity contribution in [2.75, 3.05) is 51.3 Å². The van der Waals surface area contributed by atoms with Crippen LogP contribution in [-0.4, -0.2) is 83.2 Å². The molecule has 0 saturated carbocycles. The third-order valence-electron chi connectivity index (χ3n) is 7.35. The van der Waals surface area contributed by atoms with Crippen molar-refractivity contribution in [2.45, 2.75) is 25.3 Å². The third-order valence-corrected chi connectivity index (χ3v) is 7.35. The van der Waals surface area contributed by atoms with Crippen LogP contribution in [0.2, 0.25) is 0 Å². The van der Waals surface area contributed by atoms with Crippen molar-refractivity contribution in [3.05, 3.63) is 48.2 Å². The highest BCUT2D eigenvalue weighted by atomic mass is 19.3. The van der Waals surface area contributed by atoms with E-state index in [0.29, 0.717) is 29.9 Å². The number of fused-ring (bicyclic) bond motifs is 2. The number of halogens is 3. The van der Waals surface area contributed by atoms with Crippen molar-refractivity contribution < 1.29 is 17.9 Å². The van der Waals surface area contributed by atoms with Crippen LogP contribution in [0, 0.1) is 12.7 Å². The number of benzene rings is 1. The molecule has 38 heavy (non-hydrogen) atoms. The number of hydrogen-bond acceptors (Lipinski definition) is 8. The third kappa shape index (κ3) is 4.49. The molecule has 0 spiro atoms. The van der Waals surface area contributed by atoms with Gasteiger partial charge in [0.2, 0.25) is 0 Å². The zero-order chi connectivity index (χ0) is 26.4. The highest BCUT2D eigenvalue weighted by molar-refractivity contribution is 6.00. The lowest BCUT2D eigenvalue weighted by Gasteiger charge is -2.29. The SMILES string of the molecule is Cc1cccc2cncc(-c3ncc4c(N5CCNCC5)nc(OC[C@@H]5CC(F)(F)CN5C)nc4c3F)c12. The molecule has 0 amide bonds. The summed E-state index contributed by atoms with van der Waals surface area (Å²) in [5.74, 6) is -2.86. The molecule has 1 atom stereocenters. The molecule has 2 fully saturated rings. The summed E-state index contributed by atoms with van der Waals surface area (Å²) in [6.45, 7) is 4.44. The Balaban J connectivity index is 1.45. The second-order valence-electron chi connectivity index (χ2n) is 10.1. The number of hydrogen-bond donors (Lipinski definition) is 1. The van der Waals surface area contributed by atoms with Gasteiger partial charge in [-0.3, -0.25) is 14.9 Å². The average molecular weight is 524 g/mol. The van der Waals surface area contributed by atoms with Crippen LogP contribution >= 0.6 is 0 Å². The van der Waals surface area contributed by atoms with Crippen LogP contribution in [0.25, 0.3) is 32.9 Å². The molecule has 198 valence electrons. The van der Waals surface area contributed by atoms with Gasteiger partial charge >= 0.3 is 6.01 Å². The Hall–Kier alpha value is -3.57. The molecule has 3 aromatic heterocycles. The molecule has 0 unspecified atom stereocenters. The quantitative estimate of drug-likeness (QED) is 0.423. The van der Waals surface area contributed by atoms with E-state index in [1.807, 2.05) is 30.0 Å². The maximum absolute atomic E-state index is 16.3. The molecular formula is C27H28F3N7O. The van der Waals surface area contributed by atoms with E-state index in [2.05, 4.69) is 25.3 Å². The van der Waals surface area contributed by atoms with E-state index >= 15 is 4.39 Å². The van der Waals surface area contributed by atoms with Crippen molar-refractivity contribution in [3.63, 3.8) is 0 Å². The molecule has 8 nitrogen and oxygen atoms in total. The lowest BCUT2D eigenvalue weighted by Crippen LogP contribution is -2.44. The molecule has 1 N–H and O–H groups in total. The molecule has 1 aromatic carbocycles. The first-order chi connectivity index (χ1) is 18.3. The van der Waals surface area contributed by atoms with Crippen LogP contribution in [-0.2, 0) is 0 Å². The van der Waals surface area contributed by atoms with Crippen LogP contribution in [0.5, 0.6) is 6.01 Å². The van der Waals surface area contributed by atoms with Gasteiger partial charge in [-0.05, 0) is 24.9 Å². The van der Waals surface area contributed by atoms with Crippen molar-refractivity contribution in [3.8, 4) is 17.3 Å². The van der Waals surface area contributed by atoms with Gasteiger partial charge in [-0.15, -0.1) is 0 Å². The molecule has 0 radical (unpaired) electrons. The number of nitrogens with zero attached hydrogens (tertiary/aromatic N) is 6. The van der Waals surface area contributed by atoms with Gasteiger partial charge in [0, 0.05) is 68.2 Å². The van der Waals surface area contributed by atoms with Gasteiger partial charge in [-0.1, -0.05) is 18.2 Å². The standard InChI is InChI=1S/C27H28F3N7O/c1-16-4-3-5-17-11-32-12-19(21(16)17)23-22(28)24-20(13-33-23)25(37-8-6-31-7-9-37)35-26(34-24)38-14-18-10-27(29,30)15-36(18)2/h3-5,11-13,18,31H,6-10,14-15H2,1-2H3/t18-/m0/s1. The van der Waals surface area contributed by atoms with Crippen LogP contribution in [0.4, 0.5) is 19.0 Å². The summed E-state index contributed by atoms with van der Waals surface area (Å²) in [5, 5.41) is 5.51. The Kier molecular flexibility index (Phi) is 6.27. The summed E-state index contributed by atoms with van der Waals surface area (Å²) in [7, 11) is 1.64. The van der Waals surface area contributed by atoms with Gasteiger partial charge in [0.15, 0.2) is 5.82 Å². The van der Waals surface area contributed by atoms with Gasteiger partial charge in [-0.2, -0.15) is 9.97 Å². The Bertz CT molecular complexity index is 1500. The predicted octanol–water partition coefficient (Wildman–Crippen LogP) is 3.82. The van der Waals surface area contributed by atoms with Crippen LogP contribution in [0.15, 0.2) is 36.8 Å². The van der Waals surface area contributed by atoms with E-state index in [1.165, 1.54) is 0 Å². The Labute approximate surface area is 217 Å². The van der Waals surface area contributed by atoms with E-state index in [-0.39, 0.29) is 36.8 Å². The molecule has 2 aliphatic heterocycles. The number of rotatable bonds is 5. The number of anilines is 1. The van der Waals surface area contributed by atoms with E-state index in [4.69, 9.17) is 4.74 Å². The zero-order valence-corrected chi connectivity index (χ0v) is 21.2. The second kappa shape index (κ2) is 9.63. The average Bonchev–Trinajstić information content (AvgIpc) is 3.18. The number of aromatic nitrogens is 4. The number of ether oxygens (including phenoxy) is 1. The minimum absolute atomic E-state index is 0.0232. The van der Waals surface area contributed by atoms with Crippen LogP contribution in [0.1, 0.15) is 12.0 Å². The normalized spacial score (nSPS) is 19.9. The molecule has 2 saturated heterocycles. The molecule has 4 aromatic rings.